The molecule has 0 saturated carbocycles. The van der Waals surface area contributed by atoms with Gasteiger partial charge in [-0.3, -0.25) is 19.1 Å². The van der Waals surface area contributed by atoms with Gasteiger partial charge in [0, 0.05) is 11.4 Å². The van der Waals surface area contributed by atoms with Crippen LogP contribution in [0.3, 0.4) is 0 Å². The Morgan fingerprint density at radius 2 is 1.93 bits per heavy atom. The number of nitrogens with one attached hydrogen (secondary N) is 1. The lowest BCUT2D eigenvalue weighted by Gasteiger charge is -2.23. The fourth-order valence-corrected chi connectivity index (χ4v) is 3.57. The lowest BCUT2D eigenvalue weighted by molar-refractivity contribution is -0.117. The molecule has 7 nitrogen and oxygen atoms in total. The second-order valence-corrected chi connectivity index (χ2v) is 6.99. The first-order valence-electron chi connectivity index (χ1n) is 8.50. The zero-order valence-electron chi connectivity index (χ0n) is 14.8. The van der Waals surface area contributed by atoms with Gasteiger partial charge in [-0.1, -0.05) is 36.4 Å². The SMILES string of the molecule is CCN(C(=O)Cc1cccs1)c1c(N)n(Cc2ccccc2)c(=O)[nH]c1=O. The van der Waals surface area contributed by atoms with Crippen molar-refractivity contribution >= 4 is 28.7 Å². The van der Waals surface area contributed by atoms with Crippen LogP contribution in [0.4, 0.5) is 11.5 Å². The third-order valence-electron chi connectivity index (χ3n) is 4.19. The van der Waals surface area contributed by atoms with Crippen LogP contribution in [0.5, 0.6) is 0 Å². The van der Waals surface area contributed by atoms with E-state index in [4.69, 9.17) is 5.73 Å². The highest BCUT2D eigenvalue weighted by atomic mass is 32.1. The van der Waals surface area contributed by atoms with E-state index < -0.39 is 11.2 Å². The summed E-state index contributed by atoms with van der Waals surface area (Å²) >= 11 is 1.47. The summed E-state index contributed by atoms with van der Waals surface area (Å²) in [6.07, 6.45) is 0.169. The van der Waals surface area contributed by atoms with Gasteiger partial charge in [-0.05, 0) is 23.9 Å². The van der Waals surface area contributed by atoms with Crippen molar-refractivity contribution in [1.29, 1.82) is 0 Å². The van der Waals surface area contributed by atoms with Crippen LogP contribution >= 0.6 is 11.3 Å². The van der Waals surface area contributed by atoms with Gasteiger partial charge >= 0.3 is 5.69 Å². The highest BCUT2D eigenvalue weighted by Crippen LogP contribution is 2.19. The molecular formula is C19H20N4O3S. The number of hydrogen-bond acceptors (Lipinski definition) is 5. The summed E-state index contributed by atoms with van der Waals surface area (Å²) in [6.45, 7) is 2.23. The lowest BCUT2D eigenvalue weighted by atomic mass is 10.2. The first-order chi connectivity index (χ1) is 13.0. The van der Waals surface area contributed by atoms with Crippen molar-refractivity contribution in [1.82, 2.24) is 9.55 Å². The molecule has 0 fully saturated rings. The van der Waals surface area contributed by atoms with Crippen LogP contribution in [0.2, 0.25) is 0 Å². The van der Waals surface area contributed by atoms with Crippen molar-refractivity contribution in [3.8, 4) is 0 Å². The molecule has 0 bridgehead atoms. The van der Waals surface area contributed by atoms with Crippen LogP contribution in [-0.4, -0.2) is 22.0 Å². The Balaban J connectivity index is 2.00. The summed E-state index contributed by atoms with van der Waals surface area (Å²) in [7, 11) is 0. The van der Waals surface area contributed by atoms with Gasteiger partial charge in [0.1, 0.15) is 5.82 Å². The van der Waals surface area contributed by atoms with Crippen LogP contribution in [0.1, 0.15) is 17.4 Å². The van der Waals surface area contributed by atoms with E-state index in [2.05, 4.69) is 4.98 Å². The lowest BCUT2D eigenvalue weighted by Crippen LogP contribution is -2.41. The number of rotatable bonds is 6. The Morgan fingerprint density at radius 1 is 1.19 bits per heavy atom. The number of H-pyrrole nitrogens is 1. The Labute approximate surface area is 159 Å². The average Bonchev–Trinajstić information content (AvgIpc) is 3.15. The van der Waals surface area contributed by atoms with E-state index in [0.717, 1.165) is 10.4 Å². The number of anilines is 2. The minimum Gasteiger partial charge on any atom is -0.383 e. The smallest absolute Gasteiger partial charge is 0.330 e. The fraction of sp³-hybridized carbons (Fsp3) is 0.211. The molecule has 3 N–H and O–H groups in total. The number of nitrogens with zero attached hydrogens (tertiary/aromatic N) is 2. The van der Waals surface area contributed by atoms with E-state index in [9.17, 15) is 14.4 Å². The van der Waals surface area contributed by atoms with Crippen LogP contribution in [0, 0.1) is 0 Å². The van der Waals surface area contributed by atoms with Gasteiger partial charge in [-0.15, -0.1) is 11.3 Å². The standard InChI is InChI=1S/C19H20N4O3S/c1-2-22(15(24)11-14-9-6-10-27-14)16-17(20)23(19(26)21-18(16)25)12-13-7-4-3-5-8-13/h3-10H,2,11-12,20H2,1H3,(H,21,25,26). The number of thiophene rings is 1. The molecule has 0 aliphatic carbocycles. The number of amides is 1. The molecule has 0 unspecified atom stereocenters. The number of carbonyl (C=O) groups excluding carboxylic acids is 1. The fourth-order valence-electron chi connectivity index (χ4n) is 2.88. The van der Waals surface area contributed by atoms with Crippen molar-refractivity contribution in [2.75, 3.05) is 17.2 Å². The molecule has 2 aromatic heterocycles. The molecule has 0 atom stereocenters. The molecular weight excluding hydrogens is 364 g/mol. The highest BCUT2D eigenvalue weighted by Gasteiger charge is 2.23. The molecule has 0 aliphatic rings. The summed E-state index contributed by atoms with van der Waals surface area (Å²) in [4.78, 5) is 42.0. The van der Waals surface area contributed by atoms with Crippen molar-refractivity contribution in [2.24, 2.45) is 0 Å². The predicted molar refractivity (Wildman–Crippen MR) is 107 cm³/mol. The second-order valence-electron chi connectivity index (χ2n) is 5.96. The van der Waals surface area contributed by atoms with E-state index in [1.807, 2.05) is 47.8 Å². The maximum Gasteiger partial charge on any atom is 0.330 e. The molecule has 0 radical (unpaired) electrons. The normalized spacial score (nSPS) is 10.7. The summed E-state index contributed by atoms with van der Waals surface area (Å²) in [5, 5.41) is 1.89. The van der Waals surface area contributed by atoms with Gasteiger partial charge in [0.25, 0.3) is 5.56 Å². The largest absolute Gasteiger partial charge is 0.383 e. The summed E-state index contributed by atoms with van der Waals surface area (Å²) in [5.74, 6) is -0.268. The van der Waals surface area contributed by atoms with Crippen LogP contribution in [-0.2, 0) is 17.8 Å². The molecule has 0 aliphatic heterocycles. The summed E-state index contributed by atoms with van der Waals surface area (Å²) in [5.41, 5.74) is 5.77. The third-order valence-corrected chi connectivity index (χ3v) is 5.07. The first-order valence-corrected chi connectivity index (χ1v) is 9.38. The quantitative estimate of drug-likeness (QED) is 0.677. The van der Waals surface area contributed by atoms with Gasteiger partial charge in [-0.2, -0.15) is 0 Å². The highest BCUT2D eigenvalue weighted by molar-refractivity contribution is 7.10. The number of aromatic nitrogens is 2. The van der Waals surface area contributed by atoms with Crippen molar-refractivity contribution in [3.63, 3.8) is 0 Å². The van der Waals surface area contributed by atoms with Gasteiger partial charge in [0.05, 0.1) is 13.0 Å². The van der Waals surface area contributed by atoms with Gasteiger partial charge in [-0.25, -0.2) is 4.79 Å². The topological polar surface area (TPSA) is 101 Å². The number of likely N-dealkylation sites (N-methyl/N-ethyl adjacent to an activating group) is 1. The Hall–Kier alpha value is -3.13. The molecule has 0 saturated heterocycles. The van der Waals surface area contributed by atoms with E-state index in [0.29, 0.717) is 0 Å². The van der Waals surface area contributed by atoms with Crippen LogP contribution in [0.15, 0.2) is 57.4 Å². The van der Waals surface area contributed by atoms with Gasteiger partial charge in [0.2, 0.25) is 5.91 Å². The summed E-state index contributed by atoms with van der Waals surface area (Å²) < 4.78 is 1.27. The number of hydrogen-bond donors (Lipinski definition) is 2. The molecule has 1 amide bonds. The van der Waals surface area contributed by atoms with E-state index in [1.165, 1.54) is 20.8 Å². The predicted octanol–water partition coefficient (Wildman–Crippen LogP) is 1.82. The molecule has 140 valence electrons. The molecule has 0 spiro atoms. The monoisotopic (exact) mass is 384 g/mol. The van der Waals surface area contributed by atoms with Crippen molar-refractivity contribution in [3.05, 3.63) is 79.1 Å². The minimum atomic E-state index is -0.664. The third kappa shape index (κ3) is 4.01. The maximum atomic E-state index is 12.7. The molecule has 1 aromatic carbocycles. The number of nitrogen functional groups attached to an aromatic ring is 1. The number of benzene rings is 1. The molecule has 3 rings (SSSR count). The molecule has 2 heterocycles. The molecule has 27 heavy (non-hydrogen) atoms. The Morgan fingerprint density at radius 3 is 2.56 bits per heavy atom. The number of aromatic amines is 1. The molecule has 3 aromatic rings. The van der Waals surface area contributed by atoms with Crippen LogP contribution < -0.4 is 21.9 Å². The van der Waals surface area contributed by atoms with E-state index >= 15 is 0 Å². The van der Waals surface area contributed by atoms with Gasteiger partial charge < -0.3 is 10.6 Å². The van der Waals surface area contributed by atoms with E-state index in [1.54, 1.807) is 6.92 Å². The summed E-state index contributed by atoms with van der Waals surface area (Å²) in [6, 6.07) is 13.0. The van der Waals surface area contributed by atoms with Crippen LogP contribution in [0.25, 0.3) is 0 Å². The zero-order chi connectivity index (χ0) is 19.4. The Kier molecular flexibility index (Phi) is 5.56. The molecule has 8 heteroatoms. The van der Waals surface area contributed by atoms with Gasteiger partial charge in [0.15, 0.2) is 5.69 Å². The first kappa shape index (κ1) is 18.7. The minimum absolute atomic E-state index is 0.00888. The number of carbonyl (C=O) groups is 1. The maximum absolute atomic E-state index is 12.7. The average molecular weight is 384 g/mol. The van der Waals surface area contributed by atoms with E-state index in [-0.39, 0.29) is 36.9 Å². The zero-order valence-corrected chi connectivity index (χ0v) is 15.7. The second kappa shape index (κ2) is 8.05. The van der Waals surface area contributed by atoms with Crippen molar-refractivity contribution < 1.29 is 4.79 Å². The Bertz CT molecular complexity index is 1040. The number of nitrogens with two attached hydrogens (primary N) is 1. The van der Waals surface area contributed by atoms with Crippen molar-refractivity contribution in [2.45, 2.75) is 19.9 Å².